The number of nitrogens with zero attached hydrogens (tertiary/aromatic N) is 2. The van der Waals surface area contributed by atoms with E-state index < -0.39 is 30.5 Å². The Balaban J connectivity index is 0.00000243. The first-order chi connectivity index (χ1) is 11.8. The minimum absolute atomic E-state index is 0. The van der Waals surface area contributed by atoms with Crippen molar-refractivity contribution in [3.63, 3.8) is 0 Å². The van der Waals surface area contributed by atoms with E-state index >= 15 is 0 Å². The van der Waals surface area contributed by atoms with E-state index in [0.29, 0.717) is 13.2 Å². The van der Waals surface area contributed by atoms with Crippen molar-refractivity contribution in [2.45, 2.75) is 44.0 Å². The van der Waals surface area contributed by atoms with Crippen molar-refractivity contribution in [3.8, 4) is 0 Å². The number of fused-ring (bicyclic) bond motifs is 1. The molecule has 4 atom stereocenters. The Morgan fingerprint density at radius 2 is 1.85 bits per heavy atom. The lowest BCUT2D eigenvalue weighted by molar-refractivity contribution is -0.188. The molecule has 26 heavy (non-hydrogen) atoms. The second-order valence-corrected chi connectivity index (χ2v) is 7.14. The van der Waals surface area contributed by atoms with E-state index in [1.54, 1.807) is 4.90 Å². The first-order valence-corrected chi connectivity index (χ1v) is 8.70. The normalized spacial score (nSPS) is 32.7. The summed E-state index contributed by atoms with van der Waals surface area (Å²) in [4.78, 5) is 26.8. The molecule has 0 spiro atoms. The number of hydrogen-bond acceptors (Lipinski definition) is 4. The van der Waals surface area contributed by atoms with Crippen LogP contribution in [0.25, 0.3) is 0 Å². The fourth-order valence-corrected chi connectivity index (χ4v) is 4.28. The third-order valence-electron chi connectivity index (χ3n) is 5.54. The van der Waals surface area contributed by atoms with Gasteiger partial charge >= 0.3 is 12.1 Å². The monoisotopic (exact) mass is 400 g/mol. The number of hydrogen-bond donors (Lipinski definition) is 1. The smallest absolute Gasteiger partial charge is 0.393 e. The van der Waals surface area contributed by atoms with Crippen LogP contribution in [0, 0.1) is 11.8 Å². The van der Waals surface area contributed by atoms with Gasteiger partial charge in [0.05, 0.1) is 37.1 Å². The quantitative estimate of drug-likeness (QED) is 0.782. The molecular weight excluding hydrogens is 377 g/mol. The van der Waals surface area contributed by atoms with Crippen LogP contribution in [-0.2, 0) is 14.3 Å². The first kappa shape index (κ1) is 21.2. The number of aliphatic carboxylic acids is 1. The van der Waals surface area contributed by atoms with Crippen LogP contribution in [0.15, 0.2) is 0 Å². The standard InChI is InChI=1S/C16H23F3N2O4.ClH/c17-16(18,19)11-8-20(7-10(11)15(23)24)9-14(22)21-5-6-25-13-4-2-1-3-12(13)21;/h10-13H,1-9H2,(H,23,24);1H/t10-,11-,12?,13?;/m1./s1. The van der Waals surface area contributed by atoms with E-state index in [9.17, 15) is 22.8 Å². The van der Waals surface area contributed by atoms with E-state index in [1.165, 1.54) is 4.90 Å². The van der Waals surface area contributed by atoms with E-state index in [-0.39, 0.29) is 43.5 Å². The molecule has 0 aromatic carbocycles. The van der Waals surface area contributed by atoms with Crippen LogP contribution in [0.4, 0.5) is 13.2 Å². The molecule has 2 heterocycles. The maximum Gasteiger partial charge on any atom is 0.393 e. The predicted octanol–water partition coefficient (Wildman–Crippen LogP) is 1.77. The zero-order chi connectivity index (χ0) is 18.2. The second kappa shape index (κ2) is 8.31. The van der Waals surface area contributed by atoms with Crippen LogP contribution >= 0.6 is 12.4 Å². The highest BCUT2D eigenvalue weighted by molar-refractivity contribution is 5.85. The maximum atomic E-state index is 13.1. The highest BCUT2D eigenvalue weighted by Gasteiger charge is 2.53. The van der Waals surface area contributed by atoms with Gasteiger partial charge in [0.25, 0.3) is 0 Å². The first-order valence-electron chi connectivity index (χ1n) is 8.70. The van der Waals surface area contributed by atoms with Gasteiger partial charge < -0.3 is 14.7 Å². The molecule has 2 saturated heterocycles. The summed E-state index contributed by atoms with van der Waals surface area (Å²) in [5.74, 6) is -5.13. The Kier molecular flexibility index (Phi) is 6.79. The molecule has 150 valence electrons. The number of carbonyl (C=O) groups is 2. The molecule has 2 aliphatic heterocycles. The van der Waals surface area contributed by atoms with Crippen molar-refractivity contribution >= 4 is 24.3 Å². The molecular formula is C16H24ClF3N2O4. The molecule has 3 rings (SSSR count). The summed E-state index contributed by atoms with van der Waals surface area (Å²) >= 11 is 0. The molecule has 10 heteroatoms. The Hall–Kier alpha value is -1.06. The van der Waals surface area contributed by atoms with Gasteiger partial charge in [0, 0.05) is 19.6 Å². The van der Waals surface area contributed by atoms with E-state index in [4.69, 9.17) is 9.84 Å². The number of likely N-dealkylation sites (tertiary alicyclic amines) is 1. The van der Waals surface area contributed by atoms with Crippen LogP contribution in [0.2, 0.25) is 0 Å². The Bertz CT molecular complexity index is 532. The SMILES string of the molecule is Cl.O=C(O)[C@@H]1CN(CC(=O)N2CCOC3CCCCC32)C[C@H]1C(F)(F)F. The van der Waals surface area contributed by atoms with Gasteiger partial charge in [-0.15, -0.1) is 12.4 Å². The highest BCUT2D eigenvalue weighted by Crippen LogP contribution is 2.38. The summed E-state index contributed by atoms with van der Waals surface area (Å²) < 4.78 is 44.9. The van der Waals surface area contributed by atoms with Gasteiger partial charge in [-0.05, 0) is 12.8 Å². The molecule has 0 aromatic rings. The molecule has 0 radical (unpaired) electrons. The number of carbonyl (C=O) groups excluding carboxylic acids is 1. The Labute approximate surface area is 156 Å². The number of morpholine rings is 1. The fourth-order valence-electron chi connectivity index (χ4n) is 4.28. The molecule has 6 nitrogen and oxygen atoms in total. The summed E-state index contributed by atoms with van der Waals surface area (Å²) in [6.07, 6.45) is -0.749. The molecule has 3 aliphatic rings. The molecule has 0 bridgehead atoms. The van der Waals surface area contributed by atoms with Gasteiger partial charge in [-0.3, -0.25) is 14.5 Å². The molecule has 0 aromatic heterocycles. The summed E-state index contributed by atoms with van der Waals surface area (Å²) in [7, 11) is 0. The lowest BCUT2D eigenvalue weighted by atomic mass is 9.90. The lowest BCUT2D eigenvalue weighted by Crippen LogP contribution is -2.56. The van der Waals surface area contributed by atoms with Gasteiger partial charge in [-0.1, -0.05) is 12.8 Å². The summed E-state index contributed by atoms with van der Waals surface area (Å²) in [6, 6.07) is -0.00807. The van der Waals surface area contributed by atoms with E-state index in [0.717, 1.165) is 25.7 Å². The van der Waals surface area contributed by atoms with Crippen molar-refractivity contribution in [1.82, 2.24) is 9.80 Å². The minimum atomic E-state index is -4.58. The number of ether oxygens (including phenoxy) is 1. The predicted molar refractivity (Wildman–Crippen MR) is 88.1 cm³/mol. The summed E-state index contributed by atoms with van der Waals surface area (Å²) in [5, 5.41) is 9.06. The van der Waals surface area contributed by atoms with Crippen molar-refractivity contribution in [2.24, 2.45) is 11.8 Å². The van der Waals surface area contributed by atoms with Gasteiger partial charge in [0.15, 0.2) is 0 Å². The van der Waals surface area contributed by atoms with E-state index in [1.807, 2.05) is 0 Å². The summed E-state index contributed by atoms with van der Waals surface area (Å²) in [6.45, 7) is 0.0304. The fraction of sp³-hybridized carbons (Fsp3) is 0.875. The maximum absolute atomic E-state index is 13.1. The zero-order valence-corrected chi connectivity index (χ0v) is 15.1. The lowest BCUT2D eigenvalue weighted by Gasteiger charge is -2.44. The molecule has 1 amide bonds. The van der Waals surface area contributed by atoms with Crippen molar-refractivity contribution in [1.29, 1.82) is 0 Å². The molecule has 1 saturated carbocycles. The Morgan fingerprint density at radius 1 is 1.15 bits per heavy atom. The number of amides is 1. The second-order valence-electron chi connectivity index (χ2n) is 7.14. The van der Waals surface area contributed by atoms with Gasteiger partial charge in [0.1, 0.15) is 0 Å². The van der Waals surface area contributed by atoms with E-state index in [2.05, 4.69) is 0 Å². The number of halogens is 4. The number of alkyl halides is 3. The largest absolute Gasteiger partial charge is 0.481 e. The van der Waals surface area contributed by atoms with Crippen LogP contribution in [0.3, 0.4) is 0 Å². The van der Waals surface area contributed by atoms with Crippen molar-refractivity contribution in [3.05, 3.63) is 0 Å². The van der Waals surface area contributed by atoms with Crippen LogP contribution in [0.1, 0.15) is 25.7 Å². The van der Waals surface area contributed by atoms with Crippen molar-refractivity contribution in [2.75, 3.05) is 32.8 Å². The average molecular weight is 401 g/mol. The average Bonchev–Trinajstić information content (AvgIpc) is 2.98. The molecule has 1 N–H and O–H groups in total. The summed E-state index contributed by atoms with van der Waals surface area (Å²) in [5.41, 5.74) is 0. The molecule has 3 fully saturated rings. The zero-order valence-electron chi connectivity index (χ0n) is 14.3. The van der Waals surface area contributed by atoms with Crippen LogP contribution in [-0.4, -0.2) is 77.9 Å². The molecule has 2 unspecified atom stereocenters. The highest BCUT2D eigenvalue weighted by atomic mass is 35.5. The minimum Gasteiger partial charge on any atom is -0.481 e. The topological polar surface area (TPSA) is 70.1 Å². The van der Waals surface area contributed by atoms with Gasteiger partial charge in [0.2, 0.25) is 5.91 Å². The third kappa shape index (κ3) is 4.43. The van der Waals surface area contributed by atoms with Crippen LogP contribution < -0.4 is 0 Å². The van der Waals surface area contributed by atoms with Crippen LogP contribution in [0.5, 0.6) is 0 Å². The number of carboxylic acids is 1. The van der Waals surface area contributed by atoms with Crippen molar-refractivity contribution < 1.29 is 32.6 Å². The molecule has 1 aliphatic carbocycles. The Morgan fingerprint density at radius 3 is 2.46 bits per heavy atom. The van der Waals surface area contributed by atoms with Gasteiger partial charge in [-0.25, -0.2) is 0 Å². The number of carboxylic acid groups (broad SMARTS) is 1. The third-order valence-corrected chi connectivity index (χ3v) is 5.54. The van der Waals surface area contributed by atoms with Gasteiger partial charge in [-0.2, -0.15) is 13.2 Å². The number of rotatable bonds is 3.